The van der Waals surface area contributed by atoms with E-state index in [4.69, 9.17) is 30.5 Å². The molecule has 0 amide bonds. The van der Waals surface area contributed by atoms with Crippen molar-refractivity contribution in [2.75, 3.05) is 27.4 Å². The van der Waals surface area contributed by atoms with Crippen LogP contribution in [0.25, 0.3) is 0 Å². The maximum absolute atomic E-state index is 10.6. The van der Waals surface area contributed by atoms with E-state index in [1.165, 1.54) is 14.2 Å². The second-order valence-electron chi connectivity index (χ2n) is 7.51. The second kappa shape index (κ2) is 10.7. The average Bonchev–Trinajstić information content (AvgIpc) is 2.80. The Morgan fingerprint density at radius 2 is 1.62 bits per heavy atom. The summed E-state index contributed by atoms with van der Waals surface area (Å²) >= 11 is 6.62. The molecule has 0 radical (unpaired) electrons. The summed E-state index contributed by atoms with van der Waals surface area (Å²) in [6.07, 6.45) is -6.16. The summed E-state index contributed by atoms with van der Waals surface area (Å²) in [6, 6.07) is 9.29. The van der Waals surface area contributed by atoms with Gasteiger partial charge in [0.1, 0.15) is 36.3 Å². The Hall–Kier alpha value is -2.07. The molecule has 4 N–H and O–H groups in total. The van der Waals surface area contributed by atoms with Gasteiger partial charge in [0.05, 0.1) is 32.5 Å². The molecule has 9 heteroatoms. The number of aliphatic hydroxyl groups excluding tert-OH is 4. The number of ether oxygens (including phenoxy) is 4. The highest BCUT2D eigenvalue weighted by molar-refractivity contribution is 6.33. The molecule has 0 saturated carbocycles. The lowest BCUT2D eigenvalue weighted by molar-refractivity contribution is -0.232. The lowest BCUT2D eigenvalue weighted by Gasteiger charge is -2.40. The van der Waals surface area contributed by atoms with Gasteiger partial charge in [0, 0.05) is 5.56 Å². The Morgan fingerprint density at radius 1 is 0.969 bits per heavy atom. The van der Waals surface area contributed by atoms with Gasteiger partial charge in [0.2, 0.25) is 0 Å². The van der Waals surface area contributed by atoms with E-state index in [1.54, 1.807) is 6.07 Å². The van der Waals surface area contributed by atoms with Crippen molar-refractivity contribution in [3.63, 3.8) is 0 Å². The molecule has 3 rings (SSSR count). The summed E-state index contributed by atoms with van der Waals surface area (Å²) in [5, 5.41) is 40.9. The fourth-order valence-electron chi connectivity index (χ4n) is 3.87. The van der Waals surface area contributed by atoms with Gasteiger partial charge in [0.25, 0.3) is 0 Å². The highest BCUT2D eigenvalue weighted by Gasteiger charge is 2.45. The van der Waals surface area contributed by atoms with Crippen LogP contribution in [-0.2, 0) is 11.2 Å². The van der Waals surface area contributed by atoms with E-state index in [0.717, 1.165) is 11.3 Å². The Labute approximate surface area is 191 Å². The molecule has 1 saturated heterocycles. The van der Waals surface area contributed by atoms with Crippen molar-refractivity contribution in [2.24, 2.45) is 0 Å². The van der Waals surface area contributed by atoms with Crippen LogP contribution in [0.5, 0.6) is 17.2 Å². The van der Waals surface area contributed by atoms with Crippen LogP contribution < -0.4 is 14.2 Å². The van der Waals surface area contributed by atoms with Gasteiger partial charge in [-0.25, -0.2) is 0 Å². The van der Waals surface area contributed by atoms with Crippen molar-refractivity contribution in [1.82, 2.24) is 0 Å². The van der Waals surface area contributed by atoms with Crippen molar-refractivity contribution in [3.05, 3.63) is 52.0 Å². The Balaban J connectivity index is 2.04. The normalized spacial score (nSPS) is 25.4. The van der Waals surface area contributed by atoms with Crippen molar-refractivity contribution >= 4 is 11.6 Å². The van der Waals surface area contributed by atoms with E-state index in [-0.39, 0.29) is 11.5 Å². The molecule has 1 heterocycles. The van der Waals surface area contributed by atoms with Crippen molar-refractivity contribution in [1.29, 1.82) is 0 Å². The smallest absolute Gasteiger partial charge is 0.180 e. The number of rotatable bonds is 8. The third kappa shape index (κ3) is 4.80. The lowest BCUT2D eigenvalue weighted by atomic mass is 9.89. The SMILES string of the molecule is CCOc1ccc(Cc2cc(C3OC(CO)C(O)C(O)C3O)c(OC)c(OC)c2Cl)cc1. The van der Waals surface area contributed by atoms with Crippen LogP contribution in [0.4, 0.5) is 0 Å². The summed E-state index contributed by atoms with van der Waals surface area (Å²) < 4.78 is 22.2. The molecular weight excluding hydrogens is 440 g/mol. The number of hydrogen-bond donors (Lipinski definition) is 4. The largest absolute Gasteiger partial charge is 0.494 e. The Bertz CT molecular complexity index is 902. The van der Waals surface area contributed by atoms with Gasteiger partial charge in [0.15, 0.2) is 11.5 Å². The molecule has 0 aliphatic carbocycles. The quantitative estimate of drug-likeness (QED) is 0.463. The first kappa shape index (κ1) is 24.6. The first-order valence-electron chi connectivity index (χ1n) is 10.3. The molecule has 2 aromatic carbocycles. The fraction of sp³-hybridized carbons (Fsp3) is 0.478. The highest BCUT2D eigenvalue weighted by Crippen LogP contribution is 2.46. The zero-order valence-corrected chi connectivity index (χ0v) is 19.0. The summed E-state index contributed by atoms with van der Waals surface area (Å²) in [4.78, 5) is 0. The predicted octanol–water partition coefficient (Wildman–Crippen LogP) is 1.86. The minimum Gasteiger partial charge on any atom is -0.494 e. The summed E-state index contributed by atoms with van der Waals surface area (Å²) in [6.45, 7) is 1.95. The maximum atomic E-state index is 10.6. The zero-order valence-electron chi connectivity index (χ0n) is 18.2. The maximum Gasteiger partial charge on any atom is 0.180 e. The number of halogens is 1. The minimum atomic E-state index is -1.52. The molecular formula is C23H29ClO8. The van der Waals surface area contributed by atoms with Crippen molar-refractivity contribution < 1.29 is 39.4 Å². The van der Waals surface area contributed by atoms with E-state index in [0.29, 0.717) is 29.2 Å². The second-order valence-corrected chi connectivity index (χ2v) is 7.89. The van der Waals surface area contributed by atoms with Gasteiger partial charge in [-0.15, -0.1) is 0 Å². The van der Waals surface area contributed by atoms with E-state index in [2.05, 4.69) is 0 Å². The zero-order chi connectivity index (χ0) is 23.4. The highest BCUT2D eigenvalue weighted by atomic mass is 35.5. The first-order chi connectivity index (χ1) is 15.4. The van der Waals surface area contributed by atoms with Crippen LogP contribution in [0.2, 0.25) is 5.02 Å². The Morgan fingerprint density at radius 3 is 2.19 bits per heavy atom. The van der Waals surface area contributed by atoms with Crippen molar-refractivity contribution in [2.45, 2.75) is 43.9 Å². The van der Waals surface area contributed by atoms with Gasteiger partial charge >= 0.3 is 0 Å². The molecule has 8 nitrogen and oxygen atoms in total. The van der Waals surface area contributed by atoms with Gasteiger partial charge in [-0.1, -0.05) is 23.7 Å². The van der Waals surface area contributed by atoms with Gasteiger partial charge < -0.3 is 39.4 Å². The number of benzene rings is 2. The van der Waals surface area contributed by atoms with Crippen LogP contribution in [-0.4, -0.2) is 72.3 Å². The molecule has 5 atom stereocenters. The molecule has 1 fully saturated rings. The lowest BCUT2D eigenvalue weighted by Crippen LogP contribution is -2.55. The Kier molecular flexibility index (Phi) is 8.21. The third-order valence-corrected chi connectivity index (χ3v) is 5.93. The predicted molar refractivity (Wildman–Crippen MR) is 118 cm³/mol. The van der Waals surface area contributed by atoms with E-state index in [9.17, 15) is 20.4 Å². The molecule has 0 aromatic heterocycles. The average molecular weight is 469 g/mol. The van der Waals surface area contributed by atoms with Gasteiger partial charge in [-0.2, -0.15) is 0 Å². The molecule has 32 heavy (non-hydrogen) atoms. The molecule has 176 valence electrons. The molecule has 1 aliphatic rings. The fourth-order valence-corrected chi connectivity index (χ4v) is 4.16. The molecule has 1 aliphatic heterocycles. The van der Waals surface area contributed by atoms with Crippen LogP contribution in [0.1, 0.15) is 29.7 Å². The number of aliphatic hydroxyl groups is 4. The van der Waals surface area contributed by atoms with Crippen LogP contribution in [0.15, 0.2) is 30.3 Å². The summed E-state index contributed by atoms with van der Waals surface area (Å²) in [7, 11) is 2.87. The van der Waals surface area contributed by atoms with Crippen LogP contribution in [0, 0.1) is 0 Å². The van der Waals surface area contributed by atoms with Crippen LogP contribution >= 0.6 is 11.6 Å². The van der Waals surface area contributed by atoms with E-state index in [1.807, 2.05) is 31.2 Å². The third-order valence-electron chi connectivity index (χ3n) is 5.52. The standard InChI is InChI=1S/C23H29ClO8/c1-4-31-14-7-5-12(6-8-14)9-13-10-15(22(29-2)23(30-3)17(13)24)21-20(28)19(27)18(26)16(11-25)32-21/h5-8,10,16,18-21,25-28H,4,9,11H2,1-3H3. The summed E-state index contributed by atoms with van der Waals surface area (Å²) in [5.74, 6) is 1.25. The molecule has 0 bridgehead atoms. The van der Waals surface area contributed by atoms with Gasteiger partial charge in [-0.05, 0) is 42.7 Å². The molecule has 0 spiro atoms. The topological polar surface area (TPSA) is 118 Å². The van der Waals surface area contributed by atoms with Crippen molar-refractivity contribution in [3.8, 4) is 17.2 Å². The van der Waals surface area contributed by atoms with Gasteiger partial charge in [-0.3, -0.25) is 0 Å². The number of hydrogen-bond acceptors (Lipinski definition) is 8. The molecule has 5 unspecified atom stereocenters. The first-order valence-corrected chi connectivity index (χ1v) is 10.7. The van der Waals surface area contributed by atoms with Crippen LogP contribution in [0.3, 0.4) is 0 Å². The monoisotopic (exact) mass is 468 g/mol. The minimum absolute atomic E-state index is 0.234. The van der Waals surface area contributed by atoms with E-state index >= 15 is 0 Å². The number of methoxy groups -OCH3 is 2. The summed E-state index contributed by atoms with van der Waals surface area (Å²) in [5.41, 5.74) is 2.02. The molecule has 2 aromatic rings. The van der Waals surface area contributed by atoms with E-state index < -0.39 is 37.1 Å².